The van der Waals surface area contributed by atoms with Gasteiger partial charge < -0.3 is 39.4 Å². The second-order valence-electron chi connectivity index (χ2n) is 20.1. The van der Waals surface area contributed by atoms with Crippen LogP contribution in [0.5, 0.6) is 0 Å². The smallest absolute Gasteiger partial charge is 0.306 e. The van der Waals surface area contributed by atoms with Crippen LogP contribution in [0, 0.1) is 0 Å². The van der Waals surface area contributed by atoms with Crippen molar-refractivity contribution in [1.29, 1.82) is 0 Å². The molecule has 0 spiro atoms. The normalized spacial score (nSPS) is 19.4. The molecular weight excluding hydrogens is 925 g/mol. The second-order valence-corrected chi connectivity index (χ2v) is 20.1. The van der Waals surface area contributed by atoms with Gasteiger partial charge in [-0.2, -0.15) is 0 Å². The zero-order valence-corrected chi connectivity index (χ0v) is 47.1. The van der Waals surface area contributed by atoms with Crippen LogP contribution in [-0.4, -0.2) is 89.6 Å². The SMILES string of the molecule is CC/C=C\C/C=C\C/C=C\C/C=C\C/C=C\C/C=C\CCCCCCCCC(=O)OC(COCCCCCCCCCCCCC/C=C\C/C=C\C/C=C\CCCCCCC)COC1OC(CO)C(O)C(O)C1O. The molecule has 0 amide bonds. The average molecular weight is 1040 g/mol. The van der Waals surface area contributed by atoms with Gasteiger partial charge in [-0.3, -0.25) is 4.79 Å². The van der Waals surface area contributed by atoms with Gasteiger partial charge >= 0.3 is 5.97 Å². The lowest BCUT2D eigenvalue weighted by Crippen LogP contribution is -2.59. The van der Waals surface area contributed by atoms with Crippen molar-refractivity contribution in [3.8, 4) is 0 Å². The van der Waals surface area contributed by atoms with E-state index in [0.29, 0.717) is 13.0 Å². The minimum atomic E-state index is -1.55. The molecule has 0 saturated carbocycles. The van der Waals surface area contributed by atoms with Gasteiger partial charge in [-0.1, -0.05) is 232 Å². The Hall–Kier alpha value is -3.15. The first-order valence-electron chi connectivity index (χ1n) is 30.0. The highest BCUT2D eigenvalue weighted by Gasteiger charge is 2.44. The quantitative estimate of drug-likeness (QED) is 0.0267. The summed E-state index contributed by atoms with van der Waals surface area (Å²) in [4.78, 5) is 12.9. The fraction of sp³-hybridized carbons (Fsp3) is 0.708. The Morgan fingerprint density at radius 1 is 0.446 bits per heavy atom. The summed E-state index contributed by atoms with van der Waals surface area (Å²) < 4.78 is 23.0. The predicted octanol–water partition coefficient (Wildman–Crippen LogP) is 16.0. The van der Waals surface area contributed by atoms with Crippen molar-refractivity contribution in [3.05, 3.63) is 109 Å². The molecule has 0 aromatic carbocycles. The van der Waals surface area contributed by atoms with Crippen LogP contribution in [0.1, 0.15) is 232 Å². The minimum Gasteiger partial charge on any atom is -0.457 e. The van der Waals surface area contributed by atoms with Crippen LogP contribution in [0.25, 0.3) is 0 Å². The average Bonchev–Trinajstić information content (AvgIpc) is 3.40. The van der Waals surface area contributed by atoms with E-state index in [-0.39, 0.29) is 19.2 Å². The van der Waals surface area contributed by atoms with E-state index in [1.54, 1.807) is 0 Å². The Balaban J connectivity index is 2.18. The lowest BCUT2D eigenvalue weighted by atomic mass is 9.99. The summed E-state index contributed by atoms with van der Waals surface area (Å²) in [7, 11) is 0. The fourth-order valence-corrected chi connectivity index (χ4v) is 8.56. The first-order valence-corrected chi connectivity index (χ1v) is 30.0. The van der Waals surface area contributed by atoms with Gasteiger partial charge in [0.15, 0.2) is 6.29 Å². The van der Waals surface area contributed by atoms with Gasteiger partial charge in [0.25, 0.3) is 0 Å². The third kappa shape index (κ3) is 44.0. The van der Waals surface area contributed by atoms with Crippen molar-refractivity contribution in [2.75, 3.05) is 26.4 Å². The molecule has 0 aliphatic carbocycles. The van der Waals surface area contributed by atoms with Crippen LogP contribution >= 0.6 is 0 Å². The third-order valence-corrected chi connectivity index (χ3v) is 13.2. The number of rotatable bonds is 51. The molecule has 9 heteroatoms. The summed E-state index contributed by atoms with van der Waals surface area (Å²) >= 11 is 0. The molecule has 424 valence electrons. The van der Waals surface area contributed by atoms with Crippen molar-refractivity contribution in [2.45, 2.75) is 269 Å². The Kier molecular flexibility index (Phi) is 50.8. The molecule has 74 heavy (non-hydrogen) atoms. The van der Waals surface area contributed by atoms with E-state index in [2.05, 4.69) is 123 Å². The number of allylic oxidation sites excluding steroid dienone is 18. The molecule has 1 aliphatic rings. The highest BCUT2D eigenvalue weighted by atomic mass is 16.7. The number of aliphatic hydroxyl groups is 4. The van der Waals surface area contributed by atoms with Crippen molar-refractivity contribution >= 4 is 5.97 Å². The van der Waals surface area contributed by atoms with Gasteiger partial charge in [0.1, 0.15) is 30.5 Å². The van der Waals surface area contributed by atoms with E-state index in [4.69, 9.17) is 18.9 Å². The monoisotopic (exact) mass is 1030 g/mol. The molecule has 0 aromatic heterocycles. The first-order chi connectivity index (χ1) is 36.4. The van der Waals surface area contributed by atoms with Gasteiger partial charge in [-0.25, -0.2) is 0 Å². The number of hydrogen-bond acceptors (Lipinski definition) is 9. The number of carbonyl (C=O) groups is 1. The van der Waals surface area contributed by atoms with Crippen LogP contribution in [-0.2, 0) is 23.7 Å². The summed E-state index contributed by atoms with van der Waals surface area (Å²) in [5.74, 6) is -0.331. The summed E-state index contributed by atoms with van der Waals surface area (Å²) in [5, 5.41) is 40.4. The molecule has 6 unspecified atom stereocenters. The summed E-state index contributed by atoms with van der Waals surface area (Å²) in [5.41, 5.74) is 0. The molecule has 0 aromatic rings. The zero-order valence-electron chi connectivity index (χ0n) is 47.1. The second kappa shape index (κ2) is 54.6. The van der Waals surface area contributed by atoms with Gasteiger partial charge in [-0.15, -0.1) is 0 Å². The summed E-state index contributed by atoms with van der Waals surface area (Å²) in [6, 6.07) is 0. The van der Waals surface area contributed by atoms with Crippen molar-refractivity contribution in [2.24, 2.45) is 0 Å². The fourth-order valence-electron chi connectivity index (χ4n) is 8.56. The summed E-state index contributed by atoms with van der Waals surface area (Å²) in [6.45, 7) is 4.41. The number of unbranched alkanes of at least 4 members (excludes halogenated alkanes) is 22. The zero-order chi connectivity index (χ0) is 53.5. The molecule has 1 fully saturated rings. The van der Waals surface area contributed by atoms with Crippen LogP contribution in [0.2, 0.25) is 0 Å². The maximum Gasteiger partial charge on any atom is 0.306 e. The van der Waals surface area contributed by atoms with E-state index in [0.717, 1.165) is 103 Å². The van der Waals surface area contributed by atoms with Crippen LogP contribution in [0.3, 0.4) is 0 Å². The molecule has 6 atom stereocenters. The Morgan fingerprint density at radius 3 is 1.24 bits per heavy atom. The lowest BCUT2D eigenvalue weighted by Gasteiger charge is -2.39. The molecule has 1 aliphatic heterocycles. The maximum absolute atomic E-state index is 12.9. The Morgan fingerprint density at radius 2 is 0.824 bits per heavy atom. The Bertz CT molecular complexity index is 1510. The number of aliphatic hydroxyl groups excluding tert-OH is 4. The predicted molar refractivity (Wildman–Crippen MR) is 311 cm³/mol. The standard InChI is InChI=1S/C65H110O9/c1-3-5-7-9-11-13-15-17-19-21-23-25-27-29-31-33-35-37-39-41-43-45-47-49-51-53-55-71-57-59(58-72-65-64(70)63(69)62(68)60(56-66)74-65)73-61(67)54-52-50-48-46-44-42-40-38-36-34-32-30-28-26-24-22-20-18-16-14-12-10-8-6-4-2/h6,8,12,14-15,17-18,20-21,23-24,26-27,29-30,32,36,38,59-60,62-66,68-70H,3-5,7,9-11,13,16,19,22,25,28,31,33-35,37,39-58H2,1-2H3/b8-6-,14-12-,17-15-,20-18-,23-21-,26-24-,29-27-,32-30-,38-36-. The van der Waals surface area contributed by atoms with Crippen LogP contribution in [0.4, 0.5) is 0 Å². The van der Waals surface area contributed by atoms with Crippen molar-refractivity contribution < 1.29 is 44.2 Å². The third-order valence-electron chi connectivity index (χ3n) is 13.2. The first kappa shape index (κ1) is 68.9. The van der Waals surface area contributed by atoms with Gasteiger partial charge in [0.2, 0.25) is 0 Å². The van der Waals surface area contributed by atoms with E-state index < -0.39 is 43.4 Å². The molecule has 1 heterocycles. The number of esters is 1. The van der Waals surface area contributed by atoms with Crippen molar-refractivity contribution in [1.82, 2.24) is 0 Å². The van der Waals surface area contributed by atoms with E-state index >= 15 is 0 Å². The van der Waals surface area contributed by atoms with E-state index in [1.807, 2.05) is 0 Å². The molecule has 1 rings (SSSR count). The lowest BCUT2D eigenvalue weighted by molar-refractivity contribution is -0.305. The van der Waals surface area contributed by atoms with Crippen LogP contribution in [0.15, 0.2) is 109 Å². The molecule has 0 bridgehead atoms. The largest absolute Gasteiger partial charge is 0.457 e. The van der Waals surface area contributed by atoms with Gasteiger partial charge in [0.05, 0.1) is 19.8 Å². The molecule has 9 nitrogen and oxygen atoms in total. The van der Waals surface area contributed by atoms with E-state index in [9.17, 15) is 25.2 Å². The maximum atomic E-state index is 12.9. The number of hydrogen-bond donors (Lipinski definition) is 4. The Labute approximate surface area is 453 Å². The number of carbonyl (C=O) groups excluding carboxylic acids is 1. The molecule has 4 N–H and O–H groups in total. The van der Waals surface area contributed by atoms with Crippen LogP contribution < -0.4 is 0 Å². The molecular formula is C65H110O9. The highest BCUT2D eigenvalue weighted by molar-refractivity contribution is 5.69. The number of ether oxygens (including phenoxy) is 4. The highest BCUT2D eigenvalue weighted by Crippen LogP contribution is 2.23. The van der Waals surface area contributed by atoms with E-state index in [1.165, 1.54) is 109 Å². The minimum absolute atomic E-state index is 0.127. The topological polar surface area (TPSA) is 135 Å². The van der Waals surface area contributed by atoms with Gasteiger partial charge in [0, 0.05) is 13.0 Å². The van der Waals surface area contributed by atoms with Crippen molar-refractivity contribution in [3.63, 3.8) is 0 Å². The molecule has 1 saturated heterocycles. The van der Waals surface area contributed by atoms with Gasteiger partial charge in [-0.05, 0) is 103 Å². The summed E-state index contributed by atoms with van der Waals surface area (Å²) in [6.07, 6.45) is 71.3. The molecule has 0 radical (unpaired) electrons.